The van der Waals surface area contributed by atoms with Crippen molar-refractivity contribution in [2.24, 2.45) is 0 Å². The van der Waals surface area contributed by atoms with Crippen LogP contribution in [0.25, 0.3) is 43.5 Å². The predicted molar refractivity (Wildman–Crippen MR) is 207 cm³/mol. The highest BCUT2D eigenvalue weighted by molar-refractivity contribution is 7.21. The Morgan fingerprint density at radius 2 is 1.31 bits per heavy atom. The first-order chi connectivity index (χ1) is 23.7. The molecule has 1 heterocycles. The van der Waals surface area contributed by atoms with Gasteiger partial charge in [0.25, 0.3) is 0 Å². The molecule has 8 rings (SSSR count). The summed E-state index contributed by atoms with van der Waals surface area (Å²) in [6.07, 6.45) is 6.81. The molecule has 1 aliphatic carbocycles. The third-order valence-corrected chi connectivity index (χ3v) is 10.6. The average molecular weight is 637 g/mol. The Bertz CT molecular complexity index is 2280. The maximum Gasteiger partial charge on any atom is 0.0430 e. The predicted octanol–water partition coefficient (Wildman–Crippen LogP) is 11.7. The van der Waals surface area contributed by atoms with Gasteiger partial charge in [-0.25, -0.2) is 0 Å². The molecule has 48 heavy (non-hydrogen) atoms. The van der Waals surface area contributed by atoms with Gasteiger partial charge in [-0.1, -0.05) is 152 Å². The summed E-state index contributed by atoms with van der Waals surface area (Å²) in [7, 11) is 0. The van der Waals surface area contributed by atoms with E-state index in [1.165, 1.54) is 53.9 Å². The topological polar surface area (TPSA) is 38.0 Å². The fourth-order valence-electron chi connectivity index (χ4n) is 6.90. The van der Waals surface area contributed by atoms with Crippen LogP contribution in [0.2, 0.25) is 0 Å². The smallest absolute Gasteiger partial charge is 0.0430 e. The summed E-state index contributed by atoms with van der Waals surface area (Å²) in [6, 6.07) is 53.7. The lowest BCUT2D eigenvalue weighted by Crippen LogP contribution is -2.05. The van der Waals surface area contributed by atoms with Crippen molar-refractivity contribution < 1.29 is 0 Å². The summed E-state index contributed by atoms with van der Waals surface area (Å²) in [5.74, 6) is 0. The molecule has 6 aromatic carbocycles. The van der Waals surface area contributed by atoms with Crippen molar-refractivity contribution in [2.75, 3.05) is 17.6 Å². The Labute approximate surface area is 286 Å². The van der Waals surface area contributed by atoms with Gasteiger partial charge in [0, 0.05) is 38.6 Å². The standard InChI is InChI=1S/C45H36N2S/c46-42-23-9-7-17-37(42)35(34-27-25-32(26-28-34)31-13-3-1-4-14-31)29-30-47-43-24-10-8-18-38(43)39-20-12-22-41-40-21-11-19-36(44(40)48-45(39)41)33-15-5-2-6-16-33/h1-11,13-21,23-29,47H,12,22,30,46H2/b35-29-. The van der Waals surface area contributed by atoms with E-state index in [9.17, 15) is 0 Å². The van der Waals surface area contributed by atoms with E-state index >= 15 is 0 Å². The van der Waals surface area contributed by atoms with Crippen LogP contribution in [0.1, 0.15) is 33.6 Å². The molecule has 0 saturated carbocycles. The number of hydrogen-bond donors (Lipinski definition) is 2. The van der Waals surface area contributed by atoms with E-state index in [2.05, 4.69) is 157 Å². The number of nitrogens with two attached hydrogens (primary N) is 1. The maximum atomic E-state index is 6.54. The Morgan fingerprint density at radius 1 is 0.646 bits per heavy atom. The SMILES string of the molecule is Nc1ccccc1/C(=C\CNc1ccccc1C1=CCCc2c1sc1c(-c3ccccc3)cccc21)c1ccc(-c2ccccc2)cc1. The minimum absolute atomic E-state index is 0.659. The molecule has 0 unspecified atom stereocenters. The van der Waals surface area contributed by atoms with E-state index in [0.29, 0.717) is 6.54 Å². The van der Waals surface area contributed by atoms with Crippen LogP contribution in [-0.4, -0.2) is 6.54 Å². The normalized spacial score (nSPS) is 12.8. The number of nitrogen functional groups attached to an aromatic ring is 1. The zero-order chi connectivity index (χ0) is 32.3. The van der Waals surface area contributed by atoms with Crippen molar-refractivity contribution in [1.29, 1.82) is 0 Å². The van der Waals surface area contributed by atoms with Crippen molar-refractivity contribution in [3.63, 3.8) is 0 Å². The summed E-state index contributed by atoms with van der Waals surface area (Å²) in [6.45, 7) is 0.659. The van der Waals surface area contributed by atoms with Gasteiger partial charge >= 0.3 is 0 Å². The lowest BCUT2D eigenvalue weighted by atomic mass is 9.90. The molecule has 0 radical (unpaired) electrons. The molecule has 0 atom stereocenters. The molecular weight excluding hydrogens is 601 g/mol. The molecule has 0 spiro atoms. The van der Waals surface area contributed by atoms with Crippen molar-refractivity contribution >= 4 is 43.9 Å². The van der Waals surface area contributed by atoms with Gasteiger partial charge in [0.05, 0.1) is 0 Å². The summed E-state index contributed by atoms with van der Waals surface area (Å²) in [4.78, 5) is 1.39. The minimum atomic E-state index is 0.659. The zero-order valence-electron chi connectivity index (χ0n) is 26.7. The Morgan fingerprint density at radius 3 is 2.10 bits per heavy atom. The third kappa shape index (κ3) is 5.74. The van der Waals surface area contributed by atoms with Crippen LogP contribution in [-0.2, 0) is 6.42 Å². The number of fused-ring (bicyclic) bond motifs is 3. The fourth-order valence-corrected chi connectivity index (χ4v) is 8.34. The van der Waals surface area contributed by atoms with Gasteiger partial charge in [0.1, 0.15) is 0 Å². The molecule has 3 heteroatoms. The second-order valence-electron chi connectivity index (χ2n) is 12.2. The monoisotopic (exact) mass is 636 g/mol. The number of anilines is 2. The number of para-hydroxylation sites is 2. The Kier molecular flexibility index (Phi) is 8.20. The van der Waals surface area contributed by atoms with E-state index in [1.54, 1.807) is 0 Å². The number of hydrogen-bond acceptors (Lipinski definition) is 3. The lowest BCUT2D eigenvalue weighted by molar-refractivity contribution is 0.998. The van der Waals surface area contributed by atoms with Crippen molar-refractivity contribution in [2.45, 2.75) is 12.8 Å². The molecule has 232 valence electrons. The van der Waals surface area contributed by atoms with E-state index in [1.807, 2.05) is 23.5 Å². The van der Waals surface area contributed by atoms with Crippen LogP contribution >= 0.6 is 11.3 Å². The van der Waals surface area contributed by atoms with Gasteiger partial charge in [0.2, 0.25) is 0 Å². The molecule has 1 aromatic heterocycles. The van der Waals surface area contributed by atoms with Crippen LogP contribution < -0.4 is 11.1 Å². The minimum Gasteiger partial charge on any atom is -0.398 e. The van der Waals surface area contributed by atoms with E-state index in [4.69, 9.17) is 5.73 Å². The largest absolute Gasteiger partial charge is 0.398 e. The maximum absolute atomic E-state index is 6.54. The molecule has 2 nitrogen and oxygen atoms in total. The van der Waals surface area contributed by atoms with Gasteiger partial charge in [-0.15, -0.1) is 11.3 Å². The van der Waals surface area contributed by atoms with Crippen molar-refractivity contribution in [3.05, 3.63) is 191 Å². The fraction of sp³-hybridized carbons (Fsp3) is 0.0667. The zero-order valence-corrected chi connectivity index (χ0v) is 27.5. The van der Waals surface area contributed by atoms with Gasteiger partial charge in [0.15, 0.2) is 0 Å². The van der Waals surface area contributed by atoms with Gasteiger partial charge in [-0.2, -0.15) is 0 Å². The number of nitrogens with one attached hydrogen (secondary N) is 1. The lowest BCUT2D eigenvalue weighted by Gasteiger charge is -2.18. The first-order valence-electron chi connectivity index (χ1n) is 16.6. The highest BCUT2D eigenvalue weighted by atomic mass is 32.1. The second-order valence-corrected chi connectivity index (χ2v) is 13.2. The first kappa shape index (κ1) is 29.7. The number of allylic oxidation sites excluding steroid dienone is 1. The number of rotatable bonds is 8. The van der Waals surface area contributed by atoms with Gasteiger partial charge < -0.3 is 11.1 Å². The molecular formula is C45H36N2S. The van der Waals surface area contributed by atoms with E-state index in [-0.39, 0.29) is 0 Å². The number of thiophene rings is 1. The van der Waals surface area contributed by atoms with Crippen molar-refractivity contribution in [3.8, 4) is 22.3 Å². The Balaban J connectivity index is 1.12. The first-order valence-corrected chi connectivity index (χ1v) is 17.4. The average Bonchev–Trinajstić information content (AvgIpc) is 3.54. The van der Waals surface area contributed by atoms with Gasteiger partial charge in [-0.05, 0) is 74.9 Å². The van der Waals surface area contributed by atoms with E-state index in [0.717, 1.165) is 40.9 Å². The summed E-state index contributed by atoms with van der Waals surface area (Å²) in [5.41, 5.74) is 20.8. The van der Waals surface area contributed by atoms with E-state index < -0.39 is 0 Å². The molecule has 0 saturated heterocycles. The van der Waals surface area contributed by atoms with Crippen molar-refractivity contribution in [1.82, 2.24) is 0 Å². The molecule has 0 fully saturated rings. The number of benzene rings is 6. The molecule has 7 aromatic rings. The Hall–Kier alpha value is -5.64. The third-order valence-electron chi connectivity index (χ3n) is 9.26. The second kappa shape index (κ2) is 13.2. The number of aryl methyl sites for hydroxylation is 1. The summed E-state index contributed by atoms with van der Waals surface area (Å²) < 4.78 is 1.37. The summed E-state index contributed by atoms with van der Waals surface area (Å²) >= 11 is 1.94. The molecule has 3 N–H and O–H groups in total. The molecule has 0 amide bonds. The summed E-state index contributed by atoms with van der Waals surface area (Å²) in [5, 5.41) is 5.17. The highest BCUT2D eigenvalue weighted by Gasteiger charge is 2.23. The molecule has 1 aliphatic rings. The molecule has 0 aliphatic heterocycles. The van der Waals surface area contributed by atoms with Crippen LogP contribution in [0.5, 0.6) is 0 Å². The van der Waals surface area contributed by atoms with Crippen LogP contribution in [0.15, 0.2) is 164 Å². The van der Waals surface area contributed by atoms with Gasteiger partial charge in [-0.3, -0.25) is 0 Å². The highest BCUT2D eigenvalue weighted by Crippen LogP contribution is 2.46. The molecule has 0 bridgehead atoms. The van der Waals surface area contributed by atoms with Crippen LogP contribution in [0.4, 0.5) is 11.4 Å². The quantitative estimate of drug-likeness (QED) is 0.163. The van der Waals surface area contributed by atoms with Crippen LogP contribution in [0.3, 0.4) is 0 Å². The van der Waals surface area contributed by atoms with Crippen LogP contribution in [0, 0.1) is 0 Å².